The number of piperazine rings is 1. The van der Waals surface area contributed by atoms with Crippen LogP contribution in [0.1, 0.15) is 30.1 Å². The van der Waals surface area contributed by atoms with Crippen molar-refractivity contribution >= 4 is 27.3 Å². The maximum absolute atomic E-state index is 13.5. The van der Waals surface area contributed by atoms with Crippen LogP contribution in [0.15, 0.2) is 41.3 Å². The van der Waals surface area contributed by atoms with E-state index in [0.29, 0.717) is 36.0 Å². The molecule has 0 aliphatic carbocycles. The van der Waals surface area contributed by atoms with Gasteiger partial charge in [-0.3, -0.25) is 9.52 Å². The van der Waals surface area contributed by atoms with E-state index in [9.17, 15) is 13.2 Å². The molecule has 0 aromatic heterocycles. The smallest absolute Gasteiger partial charge is 0.265 e. The highest BCUT2D eigenvalue weighted by molar-refractivity contribution is 7.92. The second-order valence-corrected chi connectivity index (χ2v) is 10.7. The van der Waals surface area contributed by atoms with Gasteiger partial charge in [-0.15, -0.1) is 0 Å². The summed E-state index contributed by atoms with van der Waals surface area (Å²) in [6.45, 7) is 6.67. The number of carbonyl (C=O) groups excluding carboxylic acids is 1. The normalized spacial score (nSPS) is 17.2. The van der Waals surface area contributed by atoms with E-state index in [1.807, 2.05) is 11.0 Å². The zero-order valence-electron chi connectivity index (χ0n) is 20.5. The fourth-order valence-corrected chi connectivity index (χ4v) is 5.77. The van der Waals surface area contributed by atoms with Crippen molar-refractivity contribution in [1.29, 1.82) is 0 Å². The molecule has 0 radical (unpaired) electrons. The van der Waals surface area contributed by atoms with E-state index < -0.39 is 10.0 Å². The molecule has 1 amide bonds. The van der Waals surface area contributed by atoms with E-state index in [1.54, 1.807) is 24.3 Å². The largest absolute Gasteiger partial charge is 0.497 e. The van der Waals surface area contributed by atoms with Gasteiger partial charge in [0.25, 0.3) is 15.9 Å². The number of benzene rings is 2. The van der Waals surface area contributed by atoms with E-state index in [2.05, 4.69) is 21.9 Å². The third-order valence-electron chi connectivity index (χ3n) is 6.68. The molecule has 4 rings (SSSR count). The number of hydrogen-bond donors (Lipinski definition) is 2. The number of amides is 1. The first-order chi connectivity index (χ1) is 16.8. The van der Waals surface area contributed by atoms with Crippen LogP contribution in [0.3, 0.4) is 0 Å². The highest BCUT2D eigenvalue weighted by Crippen LogP contribution is 2.34. The van der Waals surface area contributed by atoms with E-state index >= 15 is 0 Å². The van der Waals surface area contributed by atoms with Gasteiger partial charge in [0.15, 0.2) is 0 Å². The first-order valence-corrected chi connectivity index (χ1v) is 13.4. The molecule has 2 aliphatic heterocycles. The average molecular weight is 503 g/mol. The molecule has 2 aromatic rings. The molecular weight excluding hydrogens is 468 g/mol. The molecular formula is C25H34N4O5S. The van der Waals surface area contributed by atoms with Crippen LogP contribution in [0.25, 0.3) is 0 Å². The summed E-state index contributed by atoms with van der Waals surface area (Å²) in [6, 6.07) is 9.91. The highest BCUT2D eigenvalue weighted by atomic mass is 32.2. The Bertz CT molecular complexity index is 1160. The van der Waals surface area contributed by atoms with Crippen molar-refractivity contribution in [3.63, 3.8) is 0 Å². The number of methoxy groups -OCH3 is 2. The van der Waals surface area contributed by atoms with E-state index in [0.717, 1.165) is 44.7 Å². The standard InChI is InChI=1S/C25H34N4O5S/c1-18-8-12-29(13-9-18)25(30)19-4-6-22(28-14-10-26-11-15-28)21(16-19)27-35(31,32)24-17-20(33-2)5-7-23(24)34-3/h4-7,16-18,26-27H,8-15H2,1-3H3. The lowest BCUT2D eigenvalue weighted by Crippen LogP contribution is -2.44. The molecule has 2 aromatic carbocycles. The van der Waals surface area contributed by atoms with Crippen LogP contribution in [0.4, 0.5) is 11.4 Å². The molecule has 9 nitrogen and oxygen atoms in total. The summed E-state index contributed by atoms with van der Waals surface area (Å²) < 4.78 is 40.3. The zero-order chi connectivity index (χ0) is 25.0. The van der Waals surface area contributed by atoms with Crippen molar-refractivity contribution in [3.05, 3.63) is 42.0 Å². The SMILES string of the molecule is COc1ccc(OC)c(S(=O)(=O)Nc2cc(C(=O)N3CCC(C)CC3)ccc2N2CCNCC2)c1. The van der Waals surface area contributed by atoms with Crippen LogP contribution >= 0.6 is 0 Å². The van der Waals surface area contributed by atoms with Gasteiger partial charge in [-0.25, -0.2) is 8.42 Å². The molecule has 2 fully saturated rings. The number of anilines is 2. The van der Waals surface area contributed by atoms with Gasteiger partial charge >= 0.3 is 0 Å². The number of nitrogens with zero attached hydrogens (tertiary/aromatic N) is 2. The highest BCUT2D eigenvalue weighted by Gasteiger charge is 2.26. The summed E-state index contributed by atoms with van der Waals surface area (Å²) in [5, 5.41) is 3.31. The van der Waals surface area contributed by atoms with Crippen molar-refractivity contribution in [3.8, 4) is 11.5 Å². The van der Waals surface area contributed by atoms with Crippen LogP contribution in [0.5, 0.6) is 11.5 Å². The fraction of sp³-hybridized carbons (Fsp3) is 0.480. The second-order valence-electron chi connectivity index (χ2n) is 9.07. The van der Waals surface area contributed by atoms with Gasteiger partial charge in [-0.05, 0) is 49.1 Å². The third-order valence-corrected chi connectivity index (χ3v) is 8.06. The Kier molecular flexibility index (Phi) is 7.71. The molecule has 35 heavy (non-hydrogen) atoms. The molecule has 0 saturated carbocycles. The number of rotatable bonds is 7. The van der Waals surface area contributed by atoms with E-state index in [1.165, 1.54) is 20.3 Å². The van der Waals surface area contributed by atoms with Crippen LogP contribution in [0, 0.1) is 5.92 Å². The van der Waals surface area contributed by atoms with Gasteiger partial charge in [0.2, 0.25) is 0 Å². The molecule has 2 N–H and O–H groups in total. The van der Waals surface area contributed by atoms with Crippen molar-refractivity contribution in [2.24, 2.45) is 5.92 Å². The van der Waals surface area contributed by atoms with Gasteiger partial charge in [0, 0.05) is 50.9 Å². The minimum absolute atomic E-state index is 0.0349. The van der Waals surface area contributed by atoms with E-state index in [-0.39, 0.29) is 16.6 Å². The summed E-state index contributed by atoms with van der Waals surface area (Å²) in [4.78, 5) is 17.2. The van der Waals surface area contributed by atoms with Crippen LogP contribution in [0.2, 0.25) is 0 Å². The molecule has 0 bridgehead atoms. The summed E-state index contributed by atoms with van der Waals surface area (Å²) in [6.07, 6.45) is 1.94. The summed E-state index contributed by atoms with van der Waals surface area (Å²) in [5.74, 6) is 1.13. The Morgan fingerprint density at radius 1 is 1.00 bits per heavy atom. The van der Waals surface area contributed by atoms with Crippen molar-refractivity contribution in [1.82, 2.24) is 10.2 Å². The first kappa shape index (κ1) is 25.1. The monoisotopic (exact) mass is 502 g/mol. The van der Waals surface area contributed by atoms with Crippen molar-refractivity contribution in [2.45, 2.75) is 24.7 Å². The molecule has 0 spiro atoms. The Morgan fingerprint density at radius 3 is 2.37 bits per heavy atom. The first-order valence-electron chi connectivity index (χ1n) is 12.0. The molecule has 2 heterocycles. The second kappa shape index (κ2) is 10.7. The van der Waals surface area contributed by atoms with Crippen molar-refractivity contribution in [2.75, 3.05) is 63.1 Å². The zero-order valence-corrected chi connectivity index (χ0v) is 21.4. The lowest BCUT2D eigenvalue weighted by Gasteiger charge is -2.32. The maximum atomic E-state index is 13.5. The molecule has 2 saturated heterocycles. The molecule has 0 unspecified atom stereocenters. The molecule has 10 heteroatoms. The third kappa shape index (κ3) is 5.65. The minimum atomic E-state index is -4.05. The van der Waals surface area contributed by atoms with Gasteiger partial charge in [-0.2, -0.15) is 0 Å². The number of sulfonamides is 1. The lowest BCUT2D eigenvalue weighted by atomic mass is 9.98. The summed E-state index contributed by atoms with van der Waals surface area (Å²) in [5.41, 5.74) is 1.57. The quantitative estimate of drug-likeness (QED) is 0.601. The van der Waals surface area contributed by atoms with Gasteiger partial charge in [-0.1, -0.05) is 6.92 Å². The number of likely N-dealkylation sites (tertiary alicyclic amines) is 1. The van der Waals surface area contributed by atoms with Crippen LogP contribution in [-0.2, 0) is 10.0 Å². The molecule has 0 atom stereocenters. The number of ether oxygens (including phenoxy) is 2. The van der Waals surface area contributed by atoms with E-state index in [4.69, 9.17) is 9.47 Å². The minimum Gasteiger partial charge on any atom is -0.497 e. The Labute approximate surface area is 207 Å². The fourth-order valence-electron chi connectivity index (χ4n) is 4.52. The summed E-state index contributed by atoms with van der Waals surface area (Å²) >= 11 is 0. The topological polar surface area (TPSA) is 100 Å². The Morgan fingerprint density at radius 2 is 1.71 bits per heavy atom. The van der Waals surface area contributed by atoms with Gasteiger partial charge < -0.3 is 24.6 Å². The predicted molar refractivity (Wildman–Crippen MR) is 136 cm³/mol. The number of carbonyl (C=O) groups is 1. The van der Waals surface area contributed by atoms with Crippen LogP contribution < -0.4 is 24.4 Å². The predicted octanol–water partition coefficient (Wildman–Crippen LogP) is 2.79. The molecule has 2 aliphatic rings. The average Bonchev–Trinajstić information content (AvgIpc) is 2.88. The Hall–Kier alpha value is -2.98. The number of piperidine rings is 1. The molecule has 190 valence electrons. The van der Waals surface area contributed by atoms with Gasteiger partial charge in [0.1, 0.15) is 16.4 Å². The maximum Gasteiger partial charge on any atom is 0.265 e. The van der Waals surface area contributed by atoms with Crippen molar-refractivity contribution < 1.29 is 22.7 Å². The Balaban J connectivity index is 1.71. The summed E-state index contributed by atoms with van der Waals surface area (Å²) in [7, 11) is -1.15. The number of hydrogen-bond acceptors (Lipinski definition) is 7. The van der Waals surface area contributed by atoms with Gasteiger partial charge in [0.05, 0.1) is 25.6 Å². The van der Waals surface area contributed by atoms with Crippen LogP contribution in [-0.4, -0.2) is 72.7 Å². The number of nitrogens with one attached hydrogen (secondary N) is 2. The lowest BCUT2D eigenvalue weighted by molar-refractivity contribution is 0.0697.